The molecule has 0 atom stereocenters. The standard InChI is InChI=1S/C14H20N4O2/c1-9-11-6-10(7-15-13(11)18(5)17-9)16-12(19)8-20-14(2,3)4/h6-7H,8H2,1-5H3,(H,16,19). The summed E-state index contributed by atoms with van der Waals surface area (Å²) in [5.41, 5.74) is 2.00. The predicted octanol–water partition coefficient (Wildman–Crippen LogP) is 2.03. The molecule has 2 aromatic rings. The Morgan fingerprint density at radius 2 is 2.15 bits per heavy atom. The van der Waals surface area contributed by atoms with Crippen molar-refractivity contribution in [1.82, 2.24) is 14.8 Å². The maximum Gasteiger partial charge on any atom is 0.250 e. The van der Waals surface area contributed by atoms with Crippen LogP contribution in [-0.4, -0.2) is 32.9 Å². The molecule has 0 unspecified atom stereocenters. The van der Waals surface area contributed by atoms with Gasteiger partial charge in [-0.15, -0.1) is 0 Å². The molecular weight excluding hydrogens is 256 g/mol. The second kappa shape index (κ2) is 5.20. The van der Waals surface area contributed by atoms with Crippen LogP contribution < -0.4 is 5.32 Å². The molecule has 6 heteroatoms. The number of ether oxygens (including phenoxy) is 1. The highest BCUT2D eigenvalue weighted by molar-refractivity contribution is 5.93. The molecular formula is C14H20N4O2. The van der Waals surface area contributed by atoms with E-state index in [1.165, 1.54) is 0 Å². The van der Waals surface area contributed by atoms with Crippen molar-refractivity contribution < 1.29 is 9.53 Å². The number of carbonyl (C=O) groups is 1. The molecule has 0 aliphatic heterocycles. The number of aryl methyl sites for hydroxylation is 2. The van der Waals surface area contributed by atoms with E-state index >= 15 is 0 Å². The largest absolute Gasteiger partial charge is 0.366 e. The molecule has 0 aliphatic carbocycles. The van der Waals surface area contributed by atoms with Crippen molar-refractivity contribution >= 4 is 22.6 Å². The van der Waals surface area contributed by atoms with Crippen LogP contribution in [0.15, 0.2) is 12.3 Å². The van der Waals surface area contributed by atoms with Gasteiger partial charge in [-0.05, 0) is 33.8 Å². The van der Waals surface area contributed by atoms with Crippen LogP contribution in [0.1, 0.15) is 26.5 Å². The fraction of sp³-hybridized carbons (Fsp3) is 0.500. The molecule has 2 heterocycles. The summed E-state index contributed by atoms with van der Waals surface area (Å²) in [6.45, 7) is 7.67. The molecule has 1 amide bonds. The van der Waals surface area contributed by atoms with E-state index in [1.807, 2.05) is 40.8 Å². The van der Waals surface area contributed by atoms with Gasteiger partial charge in [0.2, 0.25) is 5.91 Å². The molecule has 0 radical (unpaired) electrons. The number of anilines is 1. The zero-order valence-corrected chi connectivity index (χ0v) is 12.5. The number of nitrogens with one attached hydrogen (secondary N) is 1. The first-order chi connectivity index (χ1) is 9.26. The number of carbonyl (C=O) groups excluding carboxylic acids is 1. The molecule has 0 saturated heterocycles. The minimum Gasteiger partial charge on any atom is -0.366 e. The van der Waals surface area contributed by atoms with Crippen molar-refractivity contribution in [3.05, 3.63) is 18.0 Å². The van der Waals surface area contributed by atoms with Crippen molar-refractivity contribution in [3.63, 3.8) is 0 Å². The first-order valence-electron chi connectivity index (χ1n) is 6.49. The molecule has 0 bridgehead atoms. The highest BCUT2D eigenvalue weighted by Gasteiger charge is 2.14. The minimum atomic E-state index is -0.334. The van der Waals surface area contributed by atoms with Gasteiger partial charge in [0.25, 0.3) is 0 Å². The van der Waals surface area contributed by atoms with Gasteiger partial charge in [-0.2, -0.15) is 5.10 Å². The molecule has 20 heavy (non-hydrogen) atoms. The van der Waals surface area contributed by atoms with Crippen LogP contribution in [0.2, 0.25) is 0 Å². The third-order valence-corrected chi connectivity index (χ3v) is 2.78. The van der Waals surface area contributed by atoms with Crippen molar-refractivity contribution in [2.75, 3.05) is 11.9 Å². The summed E-state index contributed by atoms with van der Waals surface area (Å²) in [6.07, 6.45) is 1.62. The number of rotatable bonds is 3. The fourth-order valence-corrected chi connectivity index (χ4v) is 1.86. The Balaban J connectivity index is 2.10. The zero-order valence-electron chi connectivity index (χ0n) is 12.5. The quantitative estimate of drug-likeness (QED) is 0.931. The molecule has 6 nitrogen and oxygen atoms in total. The van der Waals surface area contributed by atoms with E-state index in [9.17, 15) is 4.79 Å². The number of hydrogen-bond donors (Lipinski definition) is 1. The summed E-state index contributed by atoms with van der Waals surface area (Å²) in [6, 6.07) is 1.87. The number of hydrogen-bond acceptors (Lipinski definition) is 4. The number of fused-ring (bicyclic) bond motifs is 1. The second-order valence-corrected chi connectivity index (χ2v) is 5.75. The Hall–Kier alpha value is -1.95. The van der Waals surface area contributed by atoms with Crippen molar-refractivity contribution in [2.24, 2.45) is 7.05 Å². The maximum absolute atomic E-state index is 11.8. The van der Waals surface area contributed by atoms with Crippen LogP contribution in [0.4, 0.5) is 5.69 Å². The maximum atomic E-state index is 11.8. The molecule has 2 aromatic heterocycles. The minimum absolute atomic E-state index is 0.0214. The third kappa shape index (κ3) is 3.33. The first-order valence-corrected chi connectivity index (χ1v) is 6.49. The van der Waals surface area contributed by atoms with Gasteiger partial charge in [-0.25, -0.2) is 4.98 Å². The van der Waals surface area contributed by atoms with Crippen LogP contribution in [-0.2, 0) is 16.6 Å². The highest BCUT2D eigenvalue weighted by Crippen LogP contribution is 2.19. The van der Waals surface area contributed by atoms with E-state index < -0.39 is 0 Å². The van der Waals surface area contributed by atoms with E-state index in [0.29, 0.717) is 5.69 Å². The summed E-state index contributed by atoms with van der Waals surface area (Å²) in [5, 5.41) is 8.01. The number of pyridine rings is 1. The molecule has 0 aromatic carbocycles. The molecule has 1 N–H and O–H groups in total. The average Bonchev–Trinajstić information content (AvgIpc) is 2.62. The van der Waals surface area contributed by atoms with E-state index in [-0.39, 0.29) is 18.1 Å². The van der Waals surface area contributed by atoms with Gasteiger partial charge in [0, 0.05) is 12.4 Å². The molecule has 0 saturated carbocycles. The Kier molecular flexibility index (Phi) is 3.76. The molecule has 0 fully saturated rings. The molecule has 0 aliphatic rings. The van der Waals surface area contributed by atoms with Crippen molar-refractivity contribution in [2.45, 2.75) is 33.3 Å². The first kappa shape index (κ1) is 14.5. The summed E-state index contributed by atoms with van der Waals surface area (Å²) >= 11 is 0. The van der Waals surface area contributed by atoms with Gasteiger partial charge in [0.1, 0.15) is 6.61 Å². The van der Waals surface area contributed by atoms with Crippen LogP contribution in [0.5, 0.6) is 0 Å². The SMILES string of the molecule is Cc1nn(C)c2ncc(NC(=O)COC(C)(C)C)cc12. The Morgan fingerprint density at radius 3 is 2.80 bits per heavy atom. The highest BCUT2D eigenvalue weighted by atomic mass is 16.5. The topological polar surface area (TPSA) is 69.0 Å². The van der Waals surface area contributed by atoms with Gasteiger partial charge in [0.05, 0.1) is 23.2 Å². The number of amides is 1. The van der Waals surface area contributed by atoms with Gasteiger partial charge in [0.15, 0.2) is 5.65 Å². The Labute approximate surface area is 118 Å². The summed E-state index contributed by atoms with van der Waals surface area (Å²) in [7, 11) is 1.84. The molecule has 0 spiro atoms. The monoisotopic (exact) mass is 276 g/mol. The smallest absolute Gasteiger partial charge is 0.250 e. The fourth-order valence-electron chi connectivity index (χ4n) is 1.86. The lowest BCUT2D eigenvalue weighted by Crippen LogP contribution is -2.27. The second-order valence-electron chi connectivity index (χ2n) is 5.75. The lowest BCUT2D eigenvalue weighted by molar-refractivity contribution is -0.125. The van der Waals surface area contributed by atoms with E-state index in [1.54, 1.807) is 10.9 Å². The van der Waals surface area contributed by atoms with E-state index in [0.717, 1.165) is 16.7 Å². The predicted molar refractivity (Wildman–Crippen MR) is 77.6 cm³/mol. The number of nitrogens with zero attached hydrogens (tertiary/aromatic N) is 3. The Morgan fingerprint density at radius 1 is 1.45 bits per heavy atom. The summed E-state index contributed by atoms with van der Waals surface area (Å²) < 4.78 is 7.15. The molecule has 2 rings (SSSR count). The average molecular weight is 276 g/mol. The van der Waals surface area contributed by atoms with Crippen LogP contribution in [0.3, 0.4) is 0 Å². The van der Waals surface area contributed by atoms with E-state index in [4.69, 9.17) is 4.74 Å². The zero-order chi connectivity index (χ0) is 14.9. The number of aromatic nitrogens is 3. The lowest BCUT2D eigenvalue weighted by atomic mass is 10.2. The summed E-state index contributed by atoms with van der Waals surface area (Å²) in [4.78, 5) is 16.1. The van der Waals surface area contributed by atoms with Gasteiger partial charge in [-0.3, -0.25) is 9.48 Å². The normalized spacial score (nSPS) is 11.8. The summed E-state index contributed by atoms with van der Waals surface area (Å²) in [5.74, 6) is -0.192. The van der Waals surface area contributed by atoms with E-state index in [2.05, 4.69) is 15.4 Å². The van der Waals surface area contributed by atoms with Gasteiger partial charge < -0.3 is 10.1 Å². The Bertz CT molecular complexity index is 640. The van der Waals surface area contributed by atoms with Crippen LogP contribution >= 0.6 is 0 Å². The van der Waals surface area contributed by atoms with Crippen LogP contribution in [0, 0.1) is 6.92 Å². The lowest BCUT2D eigenvalue weighted by Gasteiger charge is -2.18. The third-order valence-electron chi connectivity index (χ3n) is 2.78. The van der Waals surface area contributed by atoms with Gasteiger partial charge in [-0.1, -0.05) is 0 Å². The van der Waals surface area contributed by atoms with Gasteiger partial charge >= 0.3 is 0 Å². The molecule has 108 valence electrons. The van der Waals surface area contributed by atoms with Crippen molar-refractivity contribution in [3.8, 4) is 0 Å². The van der Waals surface area contributed by atoms with Crippen LogP contribution in [0.25, 0.3) is 11.0 Å². The van der Waals surface area contributed by atoms with Crippen molar-refractivity contribution in [1.29, 1.82) is 0 Å².